The molecule has 0 atom stereocenters. The van der Waals surface area contributed by atoms with E-state index in [9.17, 15) is 0 Å². The Bertz CT molecular complexity index is 251. The van der Waals surface area contributed by atoms with E-state index in [0.717, 1.165) is 19.1 Å². The summed E-state index contributed by atoms with van der Waals surface area (Å²) in [7, 11) is 0. The molecule has 2 rings (SSSR count). The highest BCUT2D eigenvalue weighted by atomic mass is 16.5. The fourth-order valence-corrected chi connectivity index (χ4v) is 1.80. The molecular weight excluding hydrogens is 172 g/mol. The Kier molecular flexibility index (Phi) is 3.58. The van der Waals surface area contributed by atoms with Crippen LogP contribution in [-0.2, 0) is 11.3 Å². The molecule has 1 aromatic rings. The maximum Gasteiger partial charge on any atom is 0.0716 e. The molecule has 0 radical (unpaired) electrons. The van der Waals surface area contributed by atoms with Crippen molar-refractivity contribution in [3.05, 3.63) is 35.9 Å². The molecule has 1 aliphatic carbocycles. The second-order valence-electron chi connectivity index (χ2n) is 4.12. The molecule has 0 heterocycles. The van der Waals surface area contributed by atoms with Crippen molar-refractivity contribution in [2.75, 3.05) is 6.61 Å². The maximum atomic E-state index is 5.63. The number of benzene rings is 1. The summed E-state index contributed by atoms with van der Waals surface area (Å²) in [5, 5.41) is 0. The smallest absolute Gasteiger partial charge is 0.0716 e. The molecule has 1 saturated carbocycles. The lowest BCUT2D eigenvalue weighted by molar-refractivity contribution is 0.0950. The molecule has 1 aromatic carbocycles. The third-order valence-corrected chi connectivity index (χ3v) is 3.01. The first-order valence-corrected chi connectivity index (χ1v) is 5.57. The molecule has 76 valence electrons. The second kappa shape index (κ2) is 5.16. The van der Waals surface area contributed by atoms with E-state index in [4.69, 9.17) is 4.74 Å². The van der Waals surface area contributed by atoms with Crippen molar-refractivity contribution in [3.8, 4) is 0 Å². The summed E-state index contributed by atoms with van der Waals surface area (Å²) in [6, 6.07) is 10.4. The van der Waals surface area contributed by atoms with E-state index in [0.29, 0.717) is 0 Å². The highest BCUT2D eigenvalue weighted by Crippen LogP contribution is 2.29. The first kappa shape index (κ1) is 9.72. The van der Waals surface area contributed by atoms with E-state index in [1.165, 1.54) is 31.2 Å². The average Bonchev–Trinajstić information content (AvgIpc) is 2.16. The van der Waals surface area contributed by atoms with E-state index in [1.807, 2.05) is 6.07 Å². The second-order valence-corrected chi connectivity index (χ2v) is 4.12. The van der Waals surface area contributed by atoms with Gasteiger partial charge in [0.1, 0.15) is 0 Å². The molecule has 0 unspecified atom stereocenters. The summed E-state index contributed by atoms with van der Waals surface area (Å²) in [6.45, 7) is 1.70. The lowest BCUT2D eigenvalue weighted by Crippen LogP contribution is -2.13. The van der Waals surface area contributed by atoms with Crippen LogP contribution < -0.4 is 0 Å². The zero-order valence-corrected chi connectivity index (χ0v) is 8.61. The van der Waals surface area contributed by atoms with Crippen LogP contribution in [0.25, 0.3) is 0 Å². The zero-order valence-electron chi connectivity index (χ0n) is 8.61. The minimum Gasteiger partial charge on any atom is -0.377 e. The quantitative estimate of drug-likeness (QED) is 0.647. The van der Waals surface area contributed by atoms with E-state index >= 15 is 0 Å². The highest BCUT2D eigenvalue weighted by Gasteiger charge is 2.16. The summed E-state index contributed by atoms with van der Waals surface area (Å²) in [5.74, 6) is 0.964. The van der Waals surface area contributed by atoms with Crippen molar-refractivity contribution >= 4 is 0 Å². The summed E-state index contributed by atoms with van der Waals surface area (Å²) >= 11 is 0. The standard InChI is InChI=1S/C13H18O/c1-2-5-13(6-3-1)11-14-10-9-12-7-4-8-12/h1-3,5-6,12H,4,7-11H2. The number of rotatable bonds is 5. The SMILES string of the molecule is c1ccc(COCCC2CCC2)cc1. The summed E-state index contributed by atoms with van der Waals surface area (Å²) < 4.78 is 5.63. The molecule has 0 N–H and O–H groups in total. The molecule has 0 bridgehead atoms. The maximum absolute atomic E-state index is 5.63. The molecule has 0 saturated heterocycles. The van der Waals surface area contributed by atoms with Gasteiger partial charge in [0.2, 0.25) is 0 Å². The van der Waals surface area contributed by atoms with Gasteiger partial charge >= 0.3 is 0 Å². The Morgan fingerprint density at radius 3 is 2.57 bits per heavy atom. The number of ether oxygens (including phenoxy) is 1. The van der Waals surface area contributed by atoms with Crippen LogP contribution in [0.2, 0.25) is 0 Å². The molecule has 0 aliphatic heterocycles. The molecule has 0 amide bonds. The molecule has 1 fully saturated rings. The van der Waals surface area contributed by atoms with Gasteiger partial charge in [-0.3, -0.25) is 0 Å². The third kappa shape index (κ3) is 2.85. The van der Waals surface area contributed by atoms with Crippen LogP contribution in [0.3, 0.4) is 0 Å². The Labute approximate surface area is 86.1 Å². The van der Waals surface area contributed by atoms with Crippen molar-refractivity contribution < 1.29 is 4.74 Å². The Hall–Kier alpha value is -0.820. The molecule has 0 spiro atoms. The van der Waals surface area contributed by atoms with Gasteiger partial charge in [-0.2, -0.15) is 0 Å². The fraction of sp³-hybridized carbons (Fsp3) is 0.538. The first-order valence-electron chi connectivity index (χ1n) is 5.57. The average molecular weight is 190 g/mol. The Morgan fingerprint density at radius 2 is 1.93 bits per heavy atom. The summed E-state index contributed by atoms with van der Waals surface area (Å²) in [5.41, 5.74) is 1.28. The first-order chi connectivity index (χ1) is 6.95. The lowest BCUT2D eigenvalue weighted by atomic mass is 9.83. The minimum atomic E-state index is 0.771. The van der Waals surface area contributed by atoms with E-state index in [1.54, 1.807) is 0 Å². The van der Waals surface area contributed by atoms with Gasteiger partial charge in [0.05, 0.1) is 6.61 Å². The predicted molar refractivity (Wildman–Crippen MR) is 58.1 cm³/mol. The Morgan fingerprint density at radius 1 is 1.14 bits per heavy atom. The van der Waals surface area contributed by atoms with Crippen LogP contribution in [0.5, 0.6) is 0 Å². The molecule has 1 nitrogen and oxygen atoms in total. The minimum absolute atomic E-state index is 0.771. The van der Waals surface area contributed by atoms with Crippen LogP contribution in [-0.4, -0.2) is 6.61 Å². The van der Waals surface area contributed by atoms with Crippen LogP contribution in [0.15, 0.2) is 30.3 Å². The monoisotopic (exact) mass is 190 g/mol. The van der Waals surface area contributed by atoms with Gasteiger partial charge in [-0.05, 0) is 17.9 Å². The lowest BCUT2D eigenvalue weighted by Gasteiger charge is -2.24. The van der Waals surface area contributed by atoms with Gasteiger partial charge in [-0.25, -0.2) is 0 Å². The molecular formula is C13H18O. The van der Waals surface area contributed by atoms with Gasteiger partial charge in [-0.1, -0.05) is 49.6 Å². The summed E-state index contributed by atoms with van der Waals surface area (Å²) in [4.78, 5) is 0. The summed E-state index contributed by atoms with van der Waals surface area (Å²) in [6.07, 6.45) is 5.54. The van der Waals surface area contributed by atoms with Crippen LogP contribution >= 0.6 is 0 Å². The molecule has 1 aliphatic rings. The number of hydrogen-bond donors (Lipinski definition) is 0. The van der Waals surface area contributed by atoms with E-state index < -0.39 is 0 Å². The van der Waals surface area contributed by atoms with Gasteiger partial charge in [0.15, 0.2) is 0 Å². The van der Waals surface area contributed by atoms with E-state index in [2.05, 4.69) is 24.3 Å². The van der Waals surface area contributed by atoms with Crippen molar-refractivity contribution in [2.24, 2.45) is 5.92 Å². The van der Waals surface area contributed by atoms with Crippen LogP contribution in [0.4, 0.5) is 0 Å². The van der Waals surface area contributed by atoms with Crippen LogP contribution in [0, 0.1) is 5.92 Å². The van der Waals surface area contributed by atoms with Crippen LogP contribution in [0.1, 0.15) is 31.2 Å². The van der Waals surface area contributed by atoms with Gasteiger partial charge in [0.25, 0.3) is 0 Å². The Balaban J connectivity index is 1.58. The highest BCUT2D eigenvalue weighted by molar-refractivity contribution is 5.13. The van der Waals surface area contributed by atoms with Gasteiger partial charge in [-0.15, -0.1) is 0 Å². The predicted octanol–water partition coefficient (Wildman–Crippen LogP) is 3.39. The van der Waals surface area contributed by atoms with Crippen molar-refractivity contribution in [3.63, 3.8) is 0 Å². The number of hydrogen-bond acceptors (Lipinski definition) is 1. The molecule has 0 aromatic heterocycles. The van der Waals surface area contributed by atoms with Gasteiger partial charge < -0.3 is 4.74 Å². The van der Waals surface area contributed by atoms with Crippen molar-refractivity contribution in [2.45, 2.75) is 32.3 Å². The zero-order chi connectivity index (χ0) is 9.64. The topological polar surface area (TPSA) is 9.23 Å². The van der Waals surface area contributed by atoms with Gasteiger partial charge in [0, 0.05) is 6.61 Å². The third-order valence-electron chi connectivity index (χ3n) is 3.01. The normalized spacial score (nSPS) is 16.6. The van der Waals surface area contributed by atoms with Crippen molar-refractivity contribution in [1.82, 2.24) is 0 Å². The molecule has 1 heteroatoms. The molecule has 14 heavy (non-hydrogen) atoms. The van der Waals surface area contributed by atoms with Crippen molar-refractivity contribution in [1.29, 1.82) is 0 Å². The fourth-order valence-electron chi connectivity index (χ4n) is 1.80. The largest absolute Gasteiger partial charge is 0.377 e. The van der Waals surface area contributed by atoms with E-state index in [-0.39, 0.29) is 0 Å².